The molecule has 0 amide bonds. The molecule has 0 aliphatic rings. The molecular formula is C11H7F2N5O. The van der Waals surface area contributed by atoms with Gasteiger partial charge in [0.15, 0.2) is 17.2 Å². The molecule has 1 aromatic carbocycles. The average Bonchev–Trinajstić information content (AvgIpc) is 2.82. The van der Waals surface area contributed by atoms with Gasteiger partial charge in [-0.05, 0) is 12.1 Å². The third-order valence-electron chi connectivity index (χ3n) is 2.39. The number of nitrogens with one attached hydrogen (secondary N) is 1. The molecule has 0 radical (unpaired) electrons. The number of nitrogens with two attached hydrogens (primary N) is 1. The van der Waals surface area contributed by atoms with Crippen LogP contribution in [0.4, 0.5) is 14.7 Å². The van der Waals surface area contributed by atoms with Crippen LogP contribution in [0.2, 0.25) is 0 Å². The first-order valence-corrected chi connectivity index (χ1v) is 5.23. The van der Waals surface area contributed by atoms with Crippen molar-refractivity contribution in [2.24, 2.45) is 0 Å². The number of H-pyrrole nitrogens is 1. The Morgan fingerprint density at radius 3 is 2.89 bits per heavy atom. The number of rotatable bonds is 2. The monoisotopic (exact) mass is 263 g/mol. The molecule has 0 spiro atoms. The summed E-state index contributed by atoms with van der Waals surface area (Å²) in [6, 6.07) is 2.87. The van der Waals surface area contributed by atoms with Crippen LogP contribution < -0.4 is 10.5 Å². The lowest BCUT2D eigenvalue weighted by Gasteiger charge is -2.07. The zero-order valence-corrected chi connectivity index (χ0v) is 9.39. The van der Waals surface area contributed by atoms with Gasteiger partial charge in [-0.1, -0.05) is 0 Å². The standard InChI is InChI=1S/C11H7F2N5O/c12-5-1-2-7(13)8(3-5)19-10-6-4-15-18-9(6)16-11(14)17-10/h1-4H,(H3,14,15,16,17,18). The number of aromatic amines is 1. The number of hydrogen-bond donors (Lipinski definition) is 2. The molecule has 0 saturated carbocycles. The molecule has 2 heterocycles. The van der Waals surface area contributed by atoms with Gasteiger partial charge in [-0.3, -0.25) is 5.10 Å². The first-order valence-electron chi connectivity index (χ1n) is 5.23. The van der Waals surface area contributed by atoms with Gasteiger partial charge in [0, 0.05) is 6.07 Å². The molecule has 0 bridgehead atoms. The highest BCUT2D eigenvalue weighted by atomic mass is 19.1. The summed E-state index contributed by atoms with van der Waals surface area (Å²) in [4.78, 5) is 7.71. The van der Waals surface area contributed by atoms with Crippen LogP contribution in [0.25, 0.3) is 11.0 Å². The van der Waals surface area contributed by atoms with Crippen LogP contribution in [0.1, 0.15) is 0 Å². The summed E-state index contributed by atoms with van der Waals surface area (Å²) >= 11 is 0. The molecule has 6 nitrogen and oxygen atoms in total. The van der Waals surface area contributed by atoms with E-state index >= 15 is 0 Å². The predicted octanol–water partition coefficient (Wildman–Crippen LogP) is 2.01. The molecule has 19 heavy (non-hydrogen) atoms. The SMILES string of the molecule is Nc1nc(Oc2cc(F)ccc2F)c2cn[nH]c2n1. The van der Waals surface area contributed by atoms with E-state index in [9.17, 15) is 8.78 Å². The van der Waals surface area contributed by atoms with E-state index in [0.29, 0.717) is 11.0 Å². The van der Waals surface area contributed by atoms with E-state index in [1.165, 1.54) is 6.20 Å². The average molecular weight is 263 g/mol. The fraction of sp³-hybridized carbons (Fsp3) is 0. The van der Waals surface area contributed by atoms with E-state index in [2.05, 4.69) is 20.2 Å². The van der Waals surface area contributed by atoms with Crippen molar-refractivity contribution in [2.75, 3.05) is 5.73 Å². The van der Waals surface area contributed by atoms with Gasteiger partial charge >= 0.3 is 0 Å². The second kappa shape index (κ2) is 4.16. The van der Waals surface area contributed by atoms with Gasteiger partial charge in [-0.15, -0.1) is 0 Å². The van der Waals surface area contributed by atoms with Crippen molar-refractivity contribution in [3.8, 4) is 11.6 Å². The zero-order valence-electron chi connectivity index (χ0n) is 9.39. The Labute approximate surface area is 105 Å². The van der Waals surface area contributed by atoms with E-state index in [1.807, 2.05) is 0 Å². The summed E-state index contributed by atoms with van der Waals surface area (Å²) in [5, 5.41) is 6.75. The van der Waals surface area contributed by atoms with Gasteiger partial charge in [-0.2, -0.15) is 15.1 Å². The highest BCUT2D eigenvalue weighted by Gasteiger charge is 2.13. The number of anilines is 1. The molecule has 0 unspecified atom stereocenters. The van der Waals surface area contributed by atoms with Gasteiger partial charge in [-0.25, -0.2) is 8.78 Å². The molecule has 0 saturated heterocycles. The van der Waals surface area contributed by atoms with Crippen molar-refractivity contribution >= 4 is 17.0 Å². The minimum Gasteiger partial charge on any atom is -0.435 e. The van der Waals surface area contributed by atoms with Crippen molar-refractivity contribution in [2.45, 2.75) is 0 Å². The maximum Gasteiger partial charge on any atom is 0.235 e. The number of benzene rings is 1. The minimum atomic E-state index is -0.713. The molecule has 3 aromatic rings. The van der Waals surface area contributed by atoms with E-state index in [4.69, 9.17) is 10.5 Å². The van der Waals surface area contributed by atoms with E-state index in [-0.39, 0.29) is 17.6 Å². The molecule has 3 N–H and O–H groups in total. The smallest absolute Gasteiger partial charge is 0.235 e. The van der Waals surface area contributed by atoms with Crippen LogP contribution in [0.15, 0.2) is 24.4 Å². The number of fused-ring (bicyclic) bond motifs is 1. The van der Waals surface area contributed by atoms with Crippen molar-refractivity contribution < 1.29 is 13.5 Å². The van der Waals surface area contributed by atoms with Crippen LogP contribution in [-0.4, -0.2) is 20.2 Å². The summed E-state index contributed by atoms with van der Waals surface area (Å²) in [7, 11) is 0. The number of nitrogen functional groups attached to an aromatic ring is 1. The maximum absolute atomic E-state index is 13.5. The molecule has 0 aliphatic carbocycles. The number of hydrogen-bond acceptors (Lipinski definition) is 5. The minimum absolute atomic E-state index is 0.000694. The fourth-order valence-electron chi connectivity index (χ4n) is 1.56. The van der Waals surface area contributed by atoms with E-state index < -0.39 is 11.6 Å². The Morgan fingerprint density at radius 2 is 2.05 bits per heavy atom. The molecule has 2 aromatic heterocycles. The maximum atomic E-state index is 13.5. The molecular weight excluding hydrogens is 256 g/mol. The van der Waals surface area contributed by atoms with Crippen molar-refractivity contribution in [3.05, 3.63) is 36.0 Å². The number of aromatic nitrogens is 4. The number of halogens is 2. The zero-order chi connectivity index (χ0) is 13.4. The molecule has 3 rings (SSSR count). The Hall–Kier alpha value is -2.77. The molecule has 0 fully saturated rings. The van der Waals surface area contributed by atoms with Crippen LogP contribution >= 0.6 is 0 Å². The topological polar surface area (TPSA) is 89.7 Å². The summed E-state index contributed by atoms with van der Waals surface area (Å²) in [5.41, 5.74) is 5.83. The second-order valence-electron chi connectivity index (χ2n) is 3.70. The van der Waals surface area contributed by atoms with Crippen molar-refractivity contribution in [3.63, 3.8) is 0 Å². The van der Waals surface area contributed by atoms with Crippen LogP contribution in [0.5, 0.6) is 11.6 Å². The van der Waals surface area contributed by atoms with Gasteiger partial charge in [0.25, 0.3) is 0 Å². The Kier molecular flexibility index (Phi) is 2.48. The molecule has 8 heteroatoms. The van der Waals surface area contributed by atoms with E-state index in [1.54, 1.807) is 0 Å². The lowest BCUT2D eigenvalue weighted by Crippen LogP contribution is -1.99. The van der Waals surface area contributed by atoms with Crippen LogP contribution in [-0.2, 0) is 0 Å². The number of nitrogens with zero attached hydrogens (tertiary/aromatic N) is 3. The van der Waals surface area contributed by atoms with Crippen molar-refractivity contribution in [1.82, 2.24) is 20.2 Å². The third kappa shape index (κ3) is 2.03. The lowest BCUT2D eigenvalue weighted by molar-refractivity contribution is 0.427. The van der Waals surface area contributed by atoms with Gasteiger partial charge in [0.05, 0.1) is 6.20 Å². The Bertz CT molecular complexity index is 758. The largest absolute Gasteiger partial charge is 0.435 e. The van der Waals surface area contributed by atoms with Crippen molar-refractivity contribution in [1.29, 1.82) is 0 Å². The number of ether oxygens (including phenoxy) is 1. The second-order valence-corrected chi connectivity index (χ2v) is 3.70. The Morgan fingerprint density at radius 1 is 1.21 bits per heavy atom. The third-order valence-corrected chi connectivity index (χ3v) is 2.39. The molecule has 0 aliphatic heterocycles. The summed E-state index contributed by atoms with van der Waals surface area (Å²) in [6.45, 7) is 0. The highest BCUT2D eigenvalue weighted by molar-refractivity contribution is 5.80. The van der Waals surface area contributed by atoms with Gasteiger partial charge < -0.3 is 10.5 Å². The van der Waals surface area contributed by atoms with Crippen LogP contribution in [0.3, 0.4) is 0 Å². The highest BCUT2D eigenvalue weighted by Crippen LogP contribution is 2.28. The quantitative estimate of drug-likeness (QED) is 0.738. The molecule has 96 valence electrons. The fourth-order valence-corrected chi connectivity index (χ4v) is 1.56. The predicted molar refractivity (Wildman–Crippen MR) is 62.5 cm³/mol. The lowest BCUT2D eigenvalue weighted by atomic mass is 10.3. The molecule has 0 atom stereocenters. The van der Waals surface area contributed by atoms with Gasteiger partial charge in [0.2, 0.25) is 11.8 Å². The summed E-state index contributed by atoms with van der Waals surface area (Å²) in [6.07, 6.45) is 1.40. The first-order chi connectivity index (χ1) is 9.13. The first kappa shape index (κ1) is 11.3. The summed E-state index contributed by atoms with van der Waals surface area (Å²) < 4.78 is 31.8. The normalized spacial score (nSPS) is 10.8. The Balaban J connectivity index is 2.10. The van der Waals surface area contributed by atoms with Crippen LogP contribution in [0, 0.1) is 11.6 Å². The van der Waals surface area contributed by atoms with Gasteiger partial charge in [0.1, 0.15) is 11.2 Å². The summed E-state index contributed by atoms with van der Waals surface area (Å²) in [5.74, 6) is -1.69. The van der Waals surface area contributed by atoms with E-state index in [0.717, 1.165) is 18.2 Å².